The van der Waals surface area contributed by atoms with E-state index in [0.717, 1.165) is 18.9 Å². The van der Waals surface area contributed by atoms with Gasteiger partial charge in [0.25, 0.3) is 0 Å². The number of piperidine rings is 2. The number of ether oxygens (including phenoxy) is 1. The number of amides is 1. The lowest BCUT2D eigenvalue weighted by molar-refractivity contribution is -0.00668. The van der Waals surface area contributed by atoms with Crippen molar-refractivity contribution in [2.75, 3.05) is 33.7 Å². The highest BCUT2D eigenvalue weighted by Crippen LogP contribution is 2.27. The molecule has 86 valence electrons. The lowest BCUT2D eigenvalue weighted by atomic mass is 9.88. The van der Waals surface area contributed by atoms with Crippen LogP contribution in [0.1, 0.15) is 19.3 Å². The van der Waals surface area contributed by atoms with Crippen LogP contribution in [0.5, 0.6) is 0 Å². The summed E-state index contributed by atoms with van der Waals surface area (Å²) < 4.78 is 5.43. The van der Waals surface area contributed by atoms with Gasteiger partial charge in [-0.25, -0.2) is 4.79 Å². The van der Waals surface area contributed by atoms with Crippen LogP contribution in [0.4, 0.5) is 4.79 Å². The van der Waals surface area contributed by atoms with Gasteiger partial charge in [0.15, 0.2) is 0 Å². The Morgan fingerprint density at radius 3 is 2.87 bits per heavy atom. The Bertz CT molecular complexity index is 231. The fourth-order valence-electron chi connectivity index (χ4n) is 2.58. The van der Waals surface area contributed by atoms with Crippen LogP contribution in [-0.2, 0) is 4.74 Å². The molecular weight excluding hydrogens is 192 g/mol. The zero-order valence-electron chi connectivity index (χ0n) is 9.61. The molecule has 2 aliphatic heterocycles. The van der Waals surface area contributed by atoms with Crippen molar-refractivity contribution < 1.29 is 9.53 Å². The molecule has 15 heavy (non-hydrogen) atoms. The summed E-state index contributed by atoms with van der Waals surface area (Å²) in [6, 6.07) is 0. The zero-order chi connectivity index (χ0) is 10.8. The van der Waals surface area contributed by atoms with Crippen molar-refractivity contribution in [3.05, 3.63) is 0 Å². The summed E-state index contributed by atoms with van der Waals surface area (Å²) in [5.41, 5.74) is 0. The molecule has 0 aromatic rings. The molecular formula is C11H20N2O2. The Labute approximate surface area is 91.2 Å². The summed E-state index contributed by atoms with van der Waals surface area (Å²) in [5.74, 6) is 0.743. The Balaban J connectivity index is 1.86. The van der Waals surface area contributed by atoms with E-state index >= 15 is 0 Å². The second-order valence-electron chi connectivity index (χ2n) is 4.90. The van der Waals surface area contributed by atoms with Gasteiger partial charge in [-0.05, 0) is 31.7 Å². The predicted molar refractivity (Wildman–Crippen MR) is 57.7 cm³/mol. The van der Waals surface area contributed by atoms with Crippen LogP contribution >= 0.6 is 0 Å². The monoisotopic (exact) mass is 212 g/mol. The first-order chi connectivity index (χ1) is 7.15. The van der Waals surface area contributed by atoms with E-state index in [2.05, 4.69) is 4.90 Å². The van der Waals surface area contributed by atoms with Crippen molar-refractivity contribution in [1.29, 1.82) is 0 Å². The topological polar surface area (TPSA) is 32.8 Å². The van der Waals surface area contributed by atoms with Gasteiger partial charge in [-0.3, -0.25) is 4.90 Å². The lowest BCUT2D eigenvalue weighted by Gasteiger charge is -2.41. The molecule has 2 bridgehead atoms. The molecule has 4 nitrogen and oxygen atoms in total. The summed E-state index contributed by atoms with van der Waals surface area (Å²) in [6.07, 6.45) is 3.56. The average molecular weight is 212 g/mol. The van der Waals surface area contributed by atoms with E-state index in [-0.39, 0.29) is 12.2 Å². The normalized spacial score (nSPS) is 34.7. The molecule has 0 aromatic heterocycles. The fourth-order valence-corrected chi connectivity index (χ4v) is 2.58. The molecule has 0 saturated carbocycles. The van der Waals surface area contributed by atoms with Crippen LogP contribution in [-0.4, -0.2) is 55.7 Å². The van der Waals surface area contributed by atoms with E-state index in [1.165, 1.54) is 30.8 Å². The smallest absolute Gasteiger partial charge is 0.409 e. The molecule has 2 heterocycles. The quantitative estimate of drug-likeness (QED) is 0.654. The Kier molecular flexibility index (Phi) is 3.14. The predicted octanol–water partition coefficient (Wildman–Crippen LogP) is 1.17. The Morgan fingerprint density at radius 1 is 1.40 bits per heavy atom. The highest BCUT2D eigenvalue weighted by atomic mass is 16.6. The molecule has 0 N–H and O–H groups in total. The van der Waals surface area contributed by atoms with Gasteiger partial charge < -0.3 is 9.64 Å². The SMILES string of the molecule is CN(C)C(=O)OC1CC2CCCN(C2)C1. The van der Waals surface area contributed by atoms with E-state index in [1.54, 1.807) is 14.1 Å². The molecule has 0 radical (unpaired) electrons. The van der Waals surface area contributed by atoms with Crippen molar-refractivity contribution in [3.8, 4) is 0 Å². The van der Waals surface area contributed by atoms with Crippen molar-refractivity contribution in [3.63, 3.8) is 0 Å². The first-order valence-electron chi connectivity index (χ1n) is 5.75. The summed E-state index contributed by atoms with van der Waals surface area (Å²) in [7, 11) is 3.46. The van der Waals surface area contributed by atoms with Crippen LogP contribution in [0.15, 0.2) is 0 Å². The van der Waals surface area contributed by atoms with Crippen molar-refractivity contribution in [2.24, 2.45) is 5.92 Å². The van der Waals surface area contributed by atoms with Crippen LogP contribution < -0.4 is 0 Å². The minimum absolute atomic E-state index is 0.110. The molecule has 1 amide bonds. The summed E-state index contributed by atoms with van der Waals surface area (Å²) >= 11 is 0. The third-order valence-corrected chi connectivity index (χ3v) is 3.29. The van der Waals surface area contributed by atoms with Crippen LogP contribution in [0, 0.1) is 5.92 Å². The maximum absolute atomic E-state index is 11.4. The minimum atomic E-state index is -0.207. The molecule has 2 aliphatic rings. The maximum Gasteiger partial charge on any atom is 0.409 e. The second-order valence-corrected chi connectivity index (χ2v) is 4.90. The molecule has 4 heteroatoms. The number of carbonyl (C=O) groups excluding carboxylic acids is 1. The standard InChI is InChI=1S/C11H20N2O2/c1-12(2)11(14)15-10-6-9-4-3-5-13(7-9)8-10/h9-10H,3-8H2,1-2H3. The molecule has 2 saturated heterocycles. The third kappa shape index (κ3) is 2.62. The van der Waals surface area contributed by atoms with Gasteiger partial charge in [0.2, 0.25) is 0 Å². The lowest BCUT2D eigenvalue weighted by Crippen LogP contribution is -2.48. The number of hydrogen-bond acceptors (Lipinski definition) is 3. The molecule has 0 spiro atoms. The molecule has 2 fully saturated rings. The molecule has 3 unspecified atom stereocenters. The molecule has 0 aliphatic carbocycles. The first kappa shape index (κ1) is 10.7. The van der Waals surface area contributed by atoms with E-state index < -0.39 is 0 Å². The summed E-state index contributed by atoms with van der Waals surface area (Å²) in [5, 5.41) is 0. The average Bonchev–Trinajstić information content (AvgIpc) is 2.16. The van der Waals surface area contributed by atoms with Crippen molar-refractivity contribution in [2.45, 2.75) is 25.4 Å². The second kappa shape index (κ2) is 4.39. The largest absolute Gasteiger partial charge is 0.445 e. The van der Waals surface area contributed by atoms with E-state index in [0.29, 0.717) is 0 Å². The minimum Gasteiger partial charge on any atom is -0.445 e. The van der Waals surface area contributed by atoms with Crippen LogP contribution in [0.25, 0.3) is 0 Å². The van der Waals surface area contributed by atoms with Gasteiger partial charge in [-0.15, -0.1) is 0 Å². The first-order valence-corrected chi connectivity index (χ1v) is 5.75. The van der Waals surface area contributed by atoms with Gasteiger partial charge in [0, 0.05) is 27.2 Å². The van der Waals surface area contributed by atoms with Crippen LogP contribution in [0.2, 0.25) is 0 Å². The third-order valence-electron chi connectivity index (χ3n) is 3.29. The number of nitrogens with zero attached hydrogens (tertiary/aromatic N) is 2. The molecule has 2 rings (SSSR count). The van der Waals surface area contributed by atoms with Gasteiger partial charge in [-0.1, -0.05) is 0 Å². The number of hydrogen-bond donors (Lipinski definition) is 0. The Morgan fingerprint density at radius 2 is 2.20 bits per heavy atom. The number of carbonyl (C=O) groups is 1. The highest BCUT2D eigenvalue weighted by Gasteiger charge is 2.32. The van der Waals surface area contributed by atoms with E-state index in [1.807, 2.05) is 0 Å². The zero-order valence-corrected chi connectivity index (χ0v) is 9.61. The van der Waals surface area contributed by atoms with Gasteiger partial charge in [0.05, 0.1) is 0 Å². The van der Waals surface area contributed by atoms with Gasteiger partial charge in [-0.2, -0.15) is 0 Å². The Hall–Kier alpha value is -0.770. The van der Waals surface area contributed by atoms with Crippen molar-refractivity contribution >= 4 is 6.09 Å². The van der Waals surface area contributed by atoms with Crippen LogP contribution in [0.3, 0.4) is 0 Å². The number of fused-ring (bicyclic) bond motifs is 2. The van der Waals surface area contributed by atoms with Gasteiger partial charge >= 0.3 is 6.09 Å². The van der Waals surface area contributed by atoms with Gasteiger partial charge in [0.1, 0.15) is 6.10 Å². The van der Waals surface area contributed by atoms with E-state index in [4.69, 9.17) is 4.74 Å². The molecule has 0 aromatic carbocycles. The summed E-state index contributed by atoms with van der Waals surface area (Å²) in [6.45, 7) is 3.30. The maximum atomic E-state index is 11.4. The molecule has 3 atom stereocenters. The highest BCUT2D eigenvalue weighted by molar-refractivity contribution is 5.67. The fraction of sp³-hybridized carbons (Fsp3) is 0.909. The van der Waals surface area contributed by atoms with E-state index in [9.17, 15) is 4.79 Å². The number of rotatable bonds is 1. The van der Waals surface area contributed by atoms with Crippen molar-refractivity contribution in [1.82, 2.24) is 9.80 Å². The summed E-state index contributed by atoms with van der Waals surface area (Å²) in [4.78, 5) is 15.3.